The molecule has 0 aromatic carbocycles. The quantitative estimate of drug-likeness (QED) is 0.604. The van der Waals surface area contributed by atoms with Crippen molar-refractivity contribution in [3.05, 3.63) is 17.0 Å². The molecule has 2 nitrogen and oxygen atoms in total. The van der Waals surface area contributed by atoms with E-state index in [1.165, 1.54) is 11.3 Å². The summed E-state index contributed by atoms with van der Waals surface area (Å²) in [6.45, 7) is 4.10. The molecule has 0 aliphatic carbocycles. The number of aryl methyl sites for hydroxylation is 2. The molecular formula is C10H14N2. The number of terminal acetylenes is 1. The first kappa shape index (κ1) is 8.86. The summed E-state index contributed by atoms with van der Waals surface area (Å²) < 4.78 is 1.90. The maximum Gasteiger partial charge on any atom is 0.0628 e. The molecule has 0 saturated heterocycles. The molecule has 2 heteroatoms. The molecule has 64 valence electrons. The van der Waals surface area contributed by atoms with Gasteiger partial charge in [-0.15, -0.1) is 12.3 Å². The third-order valence-electron chi connectivity index (χ3n) is 2.18. The van der Waals surface area contributed by atoms with Crippen molar-refractivity contribution in [2.45, 2.75) is 26.7 Å². The van der Waals surface area contributed by atoms with Crippen LogP contribution in [0.2, 0.25) is 0 Å². The van der Waals surface area contributed by atoms with Crippen LogP contribution in [-0.2, 0) is 13.5 Å². The molecule has 1 rings (SSSR count). The van der Waals surface area contributed by atoms with Crippen LogP contribution in [0.5, 0.6) is 0 Å². The Balaban J connectivity index is 2.91. The van der Waals surface area contributed by atoms with Crippen molar-refractivity contribution in [3.63, 3.8) is 0 Å². The van der Waals surface area contributed by atoms with Gasteiger partial charge >= 0.3 is 0 Å². The third kappa shape index (κ3) is 1.50. The van der Waals surface area contributed by atoms with Gasteiger partial charge in [0.25, 0.3) is 0 Å². The third-order valence-corrected chi connectivity index (χ3v) is 2.18. The molecule has 0 aliphatic rings. The topological polar surface area (TPSA) is 17.8 Å². The molecule has 1 heterocycles. The van der Waals surface area contributed by atoms with Gasteiger partial charge in [0.15, 0.2) is 0 Å². The standard InChI is InChI=1S/C10H14N2/c1-5-6-7-10-8(2)11-12(4)9(10)3/h1H,6-7H2,2-4H3. The second-order valence-corrected chi connectivity index (χ2v) is 2.98. The lowest BCUT2D eigenvalue weighted by Gasteiger charge is -1.97. The van der Waals surface area contributed by atoms with Crippen LogP contribution in [0.25, 0.3) is 0 Å². The predicted octanol–water partition coefficient (Wildman–Crippen LogP) is 1.60. The summed E-state index contributed by atoms with van der Waals surface area (Å²) in [7, 11) is 1.96. The lowest BCUT2D eigenvalue weighted by atomic mass is 10.1. The van der Waals surface area contributed by atoms with Gasteiger partial charge in [0.1, 0.15) is 0 Å². The molecule has 0 radical (unpaired) electrons. The normalized spacial score (nSPS) is 9.83. The number of hydrogen-bond donors (Lipinski definition) is 0. The van der Waals surface area contributed by atoms with Crippen LogP contribution < -0.4 is 0 Å². The van der Waals surface area contributed by atoms with E-state index in [1.807, 2.05) is 18.7 Å². The van der Waals surface area contributed by atoms with E-state index in [0.29, 0.717) is 0 Å². The van der Waals surface area contributed by atoms with Crippen LogP contribution in [0.1, 0.15) is 23.4 Å². The molecule has 0 fully saturated rings. The second-order valence-electron chi connectivity index (χ2n) is 2.98. The lowest BCUT2D eigenvalue weighted by molar-refractivity contribution is 0.730. The molecule has 0 bridgehead atoms. The van der Waals surface area contributed by atoms with Crippen LogP contribution in [0.4, 0.5) is 0 Å². The van der Waals surface area contributed by atoms with Crippen LogP contribution in [0.3, 0.4) is 0 Å². The van der Waals surface area contributed by atoms with Crippen molar-refractivity contribution < 1.29 is 0 Å². The Morgan fingerprint density at radius 2 is 2.17 bits per heavy atom. The minimum atomic E-state index is 0.799. The molecule has 0 atom stereocenters. The Labute approximate surface area is 73.6 Å². The number of nitrogens with zero attached hydrogens (tertiary/aromatic N) is 2. The summed E-state index contributed by atoms with van der Waals surface area (Å²) in [6, 6.07) is 0. The van der Waals surface area contributed by atoms with E-state index in [0.717, 1.165) is 18.5 Å². The average molecular weight is 162 g/mol. The predicted molar refractivity (Wildman–Crippen MR) is 49.8 cm³/mol. The monoisotopic (exact) mass is 162 g/mol. The highest BCUT2D eigenvalue weighted by Gasteiger charge is 2.07. The van der Waals surface area contributed by atoms with E-state index in [1.54, 1.807) is 0 Å². The molecule has 1 aromatic heterocycles. The number of hydrogen-bond acceptors (Lipinski definition) is 1. The van der Waals surface area contributed by atoms with E-state index < -0.39 is 0 Å². The summed E-state index contributed by atoms with van der Waals surface area (Å²) in [6.07, 6.45) is 6.95. The maximum absolute atomic E-state index is 5.21. The van der Waals surface area contributed by atoms with Crippen molar-refractivity contribution in [2.24, 2.45) is 7.05 Å². The van der Waals surface area contributed by atoms with E-state index in [4.69, 9.17) is 6.42 Å². The zero-order valence-corrected chi connectivity index (χ0v) is 7.89. The molecular weight excluding hydrogens is 148 g/mol. The minimum absolute atomic E-state index is 0.799. The molecule has 0 amide bonds. The SMILES string of the molecule is C#CCCc1c(C)nn(C)c1C. The molecule has 1 aromatic rings. The van der Waals surface area contributed by atoms with Crippen molar-refractivity contribution >= 4 is 0 Å². The maximum atomic E-state index is 5.21. The highest BCUT2D eigenvalue weighted by Crippen LogP contribution is 2.13. The second kappa shape index (κ2) is 3.44. The fourth-order valence-corrected chi connectivity index (χ4v) is 1.38. The van der Waals surface area contributed by atoms with Gasteiger partial charge in [-0.05, 0) is 25.8 Å². The summed E-state index contributed by atoms with van der Waals surface area (Å²) in [5, 5.41) is 4.31. The van der Waals surface area contributed by atoms with E-state index in [2.05, 4.69) is 17.9 Å². The fraction of sp³-hybridized carbons (Fsp3) is 0.500. The van der Waals surface area contributed by atoms with Crippen molar-refractivity contribution in [2.75, 3.05) is 0 Å². The Hall–Kier alpha value is -1.23. The van der Waals surface area contributed by atoms with E-state index in [-0.39, 0.29) is 0 Å². The van der Waals surface area contributed by atoms with Crippen molar-refractivity contribution in [1.82, 2.24) is 9.78 Å². The fourth-order valence-electron chi connectivity index (χ4n) is 1.38. The van der Waals surface area contributed by atoms with Crippen LogP contribution in [0.15, 0.2) is 0 Å². The van der Waals surface area contributed by atoms with Crippen LogP contribution in [-0.4, -0.2) is 9.78 Å². The molecule has 0 aliphatic heterocycles. The highest BCUT2D eigenvalue weighted by atomic mass is 15.3. The highest BCUT2D eigenvalue weighted by molar-refractivity contribution is 5.25. The van der Waals surface area contributed by atoms with Gasteiger partial charge in [-0.25, -0.2) is 0 Å². The number of rotatable bonds is 2. The molecule has 0 saturated carbocycles. The Bertz CT molecular complexity index is 315. The van der Waals surface area contributed by atoms with Crippen LogP contribution >= 0.6 is 0 Å². The summed E-state index contributed by atoms with van der Waals surface area (Å²) in [4.78, 5) is 0. The van der Waals surface area contributed by atoms with Crippen LogP contribution in [0, 0.1) is 26.2 Å². The number of aromatic nitrogens is 2. The van der Waals surface area contributed by atoms with Crippen molar-refractivity contribution in [1.29, 1.82) is 0 Å². The van der Waals surface area contributed by atoms with Gasteiger partial charge < -0.3 is 0 Å². The van der Waals surface area contributed by atoms with Crippen molar-refractivity contribution in [3.8, 4) is 12.3 Å². The van der Waals surface area contributed by atoms with Gasteiger partial charge in [-0.2, -0.15) is 5.10 Å². The molecule has 0 spiro atoms. The Morgan fingerprint density at radius 1 is 1.50 bits per heavy atom. The first-order valence-electron chi connectivity index (χ1n) is 4.09. The minimum Gasteiger partial charge on any atom is -0.272 e. The van der Waals surface area contributed by atoms with Gasteiger partial charge in [-0.1, -0.05) is 0 Å². The zero-order chi connectivity index (χ0) is 9.14. The van der Waals surface area contributed by atoms with Gasteiger partial charge in [0.05, 0.1) is 5.69 Å². The zero-order valence-electron chi connectivity index (χ0n) is 7.89. The molecule has 12 heavy (non-hydrogen) atoms. The smallest absolute Gasteiger partial charge is 0.0628 e. The lowest BCUT2D eigenvalue weighted by Crippen LogP contribution is -1.93. The average Bonchev–Trinajstić information content (AvgIpc) is 2.25. The molecule has 0 unspecified atom stereocenters. The van der Waals surface area contributed by atoms with Gasteiger partial charge in [0, 0.05) is 19.2 Å². The first-order valence-corrected chi connectivity index (χ1v) is 4.09. The Kier molecular flexibility index (Phi) is 2.54. The largest absolute Gasteiger partial charge is 0.272 e. The summed E-state index contributed by atoms with van der Waals surface area (Å²) >= 11 is 0. The molecule has 0 N–H and O–H groups in total. The summed E-state index contributed by atoms with van der Waals surface area (Å²) in [5.74, 6) is 2.64. The summed E-state index contributed by atoms with van der Waals surface area (Å²) in [5.41, 5.74) is 3.63. The van der Waals surface area contributed by atoms with Gasteiger partial charge in [0.2, 0.25) is 0 Å². The first-order chi connectivity index (χ1) is 5.66. The van der Waals surface area contributed by atoms with E-state index >= 15 is 0 Å². The van der Waals surface area contributed by atoms with Gasteiger partial charge in [-0.3, -0.25) is 4.68 Å². The Morgan fingerprint density at radius 3 is 2.58 bits per heavy atom. The van der Waals surface area contributed by atoms with E-state index in [9.17, 15) is 0 Å².